The Labute approximate surface area is 130 Å². The van der Waals surface area contributed by atoms with Crippen molar-refractivity contribution in [2.75, 3.05) is 0 Å². The molecule has 0 N–H and O–H groups in total. The Morgan fingerprint density at radius 3 is 3.05 bits per heavy atom. The van der Waals surface area contributed by atoms with Crippen LogP contribution in [0.1, 0.15) is 21.6 Å². The van der Waals surface area contributed by atoms with Crippen LogP contribution in [0.25, 0.3) is 10.8 Å². The number of carbonyl (C=O) groups is 1. The fraction of sp³-hybridized carbons (Fsp3) is 0.0625. The molecule has 6 heteroatoms. The molecule has 2 aromatic heterocycles. The summed E-state index contributed by atoms with van der Waals surface area (Å²) in [5.74, 6) is 0.00491. The third-order valence-electron chi connectivity index (χ3n) is 2.86. The Kier molecular flexibility index (Phi) is 3.99. The SMILES string of the molecule is N#Cc1cccc(C(=O)OCc2coc(-c3cccs3)n2)c1. The number of benzene rings is 1. The van der Waals surface area contributed by atoms with Gasteiger partial charge in [0.15, 0.2) is 0 Å². The molecule has 0 saturated heterocycles. The lowest BCUT2D eigenvalue weighted by molar-refractivity contribution is 0.0467. The van der Waals surface area contributed by atoms with Crippen LogP contribution in [0, 0.1) is 11.3 Å². The van der Waals surface area contributed by atoms with E-state index in [4.69, 9.17) is 14.4 Å². The summed E-state index contributed by atoms with van der Waals surface area (Å²) in [5, 5.41) is 10.8. The van der Waals surface area contributed by atoms with Crippen LogP contribution in [-0.4, -0.2) is 11.0 Å². The number of carbonyl (C=O) groups excluding carboxylic acids is 1. The summed E-state index contributed by atoms with van der Waals surface area (Å²) in [5.41, 5.74) is 1.28. The van der Waals surface area contributed by atoms with Crippen LogP contribution >= 0.6 is 11.3 Å². The number of thiophene rings is 1. The van der Waals surface area contributed by atoms with Crippen LogP contribution in [0.15, 0.2) is 52.5 Å². The molecule has 108 valence electrons. The molecule has 0 radical (unpaired) electrons. The Bertz CT molecular complexity index is 831. The first-order chi connectivity index (χ1) is 10.8. The molecule has 0 spiro atoms. The number of nitrogens with zero attached hydrogens (tertiary/aromatic N) is 2. The van der Waals surface area contributed by atoms with E-state index in [-0.39, 0.29) is 6.61 Å². The van der Waals surface area contributed by atoms with Gasteiger partial charge >= 0.3 is 5.97 Å². The van der Waals surface area contributed by atoms with Crippen molar-refractivity contribution in [1.82, 2.24) is 4.98 Å². The molecule has 3 aromatic rings. The van der Waals surface area contributed by atoms with Crippen LogP contribution in [0.2, 0.25) is 0 Å². The second-order valence-electron chi connectivity index (χ2n) is 4.39. The van der Waals surface area contributed by atoms with Gasteiger partial charge < -0.3 is 9.15 Å². The average Bonchev–Trinajstić information content (AvgIpc) is 3.23. The van der Waals surface area contributed by atoms with Gasteiger partial charge in [-0.05, 0) is 29.6 Å². The van der Waals surface area contributed by atoms with Crippen molar-refractivity contribution in [3.05, 3.63) is 64.9 Å². The summed E-state index contributed by atoms with van der Waals surface area (Å²) in [6, 6.07) is 12.1. The highest BCUT2D eigenvalue weighted by molar-refractivity contribution is 7.13. The van der Waals surface area contributed by atoms with Gasteiger partial charge in [-0.1, -0.05) is 12.1 Å². The highest BCUT2D eigenvalue weighted by Gasteiger charge is 2.11. The summed E-state index contributed by atoms with van der Waals surface area (Å²) in [4.78, 5) is 17.1. The fourth-order valence-corrected chi connectivity index (χ4v) is 2.48. The Morgan fingerprint density at radius 2 is 2.27 bits per heavy atom. The molecule has 0 aliphatic carbocycles. The molecule has 0 unspecified atom stereocenters. The zero-order valence-electron chi connectivity index (χ0n) is 11.4. The van der Waals surface area contributed by atoms with E-state index in [9.17, 15) is 4.79 Å². The predicted molar refractivity (Wildman–Crippen MR) is 80.1 cm³/mol. The van der Waals surface area contributed by atoms with Crippen molar-refractivity contribution in [3.8, 4) is 16.8 Å². The molecule has 5 nitrogen and oxygen atoms in total. The Hall–Kier alpha value is -2.91. The largest absolute Gasteiger partial charge is 0.455 e. The summed E-state index contributed by atoms with van der Waals surface area (Å²) >= 11 is 1.52. The molecular formula is C16H10N2O3S. The first-order valence-electron chi connectivity index (χ1n) is 6.42. The van der Waals surface area contributed by atoms with Crippen LogP contribution < -0.4 is 0 Å². The molecule has 0 amide bonds. The van der Waals surface area contributed by atoms with Gasteiger partial charge in [-0.2, -0.15) is 5.26 Å². The number of aromatic nitrogens is 1. The van der Waals surface area contributed by atoms with E-state index >= 15 is 0 Å². The van der Waals surface area contributed by atoms with Gasteiger partial charge in [0.25, 0.3) is 0 Å². The van der Waals surface area contributed by atoms with Crippen molar-refractivity contribution >= 4 is 17.3 Å². The predicted octanol–water partition coefficient (Wildman–Crippen LogP) is 3.63. The van der Waals surface area contributed by atoms with Gasteiger partial charge in [0.2, 0.25) is 5.89 Å². The summed E-state index contributed by atoms with van der Waals surface area (Å²) in [7, 11) is 0. The lowest BCUT2D eigenvalue weighted by atomic mass is 10.1. The standard InChI is InChI=1S/C16H10N2O3S/c17-8-11-3-1-4-12(7-11)16(19)21-10-13-9-20-15(18-13)14-5-2-6-22-14/h1-7,9H,10H2. The van der Waals surface area contributed by atoms with E-state index in [1.807, 2.05) is 23.6 Å². The van der Waals surface area contributed by atoms with Crippen molar-refractivity contribution in [1.29, 1.82) is 5.26 Å². The monoisotopic (exact) mass is 310 g/mol. The zero-order valence-corrected chi connectivity index (χ0v) is 12.2. The number of nitriles is 1. The molecule has 3 rings (SSSR count). The lowest BCUT2D eigenvalue weighted by Crippen LogP contribution is -2.05. The Morgan fingerprint density at radius 1 is 1.36 bits per heavy atom. The third kappa shape index (κ3) is 3.05. The van der Waals surface area contributed by atoms with Crippen LogP contribution in [0.5, 0.6) is 0 Å². The van der Waals surface area contributed by atoms with E-state index in [0.29, 0.717) is 22.7 Å². The second kappa shape index (κ2) is 6.24. The molecule has 0 saturated carbocycles. The first kappa shape index (κ1) is 14.0. The highest BCUT2D eigenvalue weighted by Crippen LogP contribution is 2.23. The minimum Gasteiger partial charge on any atom is -0.455 e. The average molecular weight is 310 g/mol. The van der Waals surface area contributed by atoms with Gasteiger partial charge in [-0.25, -0.2) is 9.78 Å². The lowest BCUT2D eigenvalue weighted by Gasteiger charge is -2.02. The fourth-order valence-electron chi connectivity index (χ4n) is 1.83. The van der Waals surface area contributed by atoms with Gasteiger partial charge in [-0.15, -0.1) is 11.3 Å². The zero-order chi connectivity index (χ0) is 15.4. The quantitative estimate of drug-likeness (QED) is 0.688. The molecule has 0 aliphatic rings. The van der Waals surface area contributed by atoms with Crippen molar-refractivity contribution in [3.63, 3.8) is 0 Å². The van der Waals surface area contributed by atoms with Gasteiger partial charge in [0.1, 0.15) is 18.6 Å². The third-order valence-corrected chi connectivity index (χ3v) is 3.72. The van der Waals surface area contributed by atoms with Crippen LogP contribution in [0.4, 0.5) is 0 Å². The maximum atomic E-state index is 11.9. The molecule has 22 heavy (non-hydrogen) atoms. The second-order valence-corrected chi connectivity index (χ2v) is 5.34. The molecular weight excluding hydrogens is 300 g/mol. The smallest absolute Gasteiger partial charge is 0.338 e. The van der Waals surface area contributed by atoms with Gasteiger partial charge in [0.05, 0.1) is 22.1 Å². The molecule has 0 fully saturated rings. The van der Waals surface area contributed by atoms with E-state index < -0.39 is 5.97 Å². The normalized spacial score (nSPS) is 10.1. The summed E-state index contributed by atoms with van der Waals surface area (Å²) in [6.45, 7) is 0.0183. The minimum atomic E-state index is -0.502. The number of hydrogen-bond donors (Lipinski definition) is 0. The van der Waals surface area contributed by atoms with Crippen LogP contribution in [-0.2, 0) is 11.3 Å². The molecule has 0 aliphatic heterocycles. The molecule has 2 heterocycles. The number of rotatable bonds is 4. The maximum Gasteiger partial charge on any atom is 0.338 e. The van der Waals surface area contributed by atoms with Crippen molar-refractivity contribution < 1.29 is 13.9 Å². The Balaban J connectivity index is 1.65. The number of oxazole rings is 1. The molecule has 0 atom stereocenters. The molecule has 0 bridgehead atoms. The van der Waals surface area contributed by atoms with Gasteiger partial charge in [0, 0.05) is 0 Å². The van der Waals surface area contributed by atoms with E-state index in [0.717, 1.165) is 4.88 Å². The number of esters is 1. The van der Waals surface area contributed by atoms with E-state index in [1.54, 1.807) is 18.2 Å². The van der Waals surface area contributed by atoms with Gasteiger partial charge in [-0.3, -0.25) is 0 Å². The van der Waals surface area contributed by atoms with Crippen molar-refractivity contribution in [2.45, 2.75) is 6.61 Å². The minimum absolute atomic E-state index is 0.0183. The highest BCUT2D eigenvalue weighted by atomic mass is 32.1. The van der Waals surface area contributed by atoms with Crippen molar-refractivity contribution in [2.24, 2.45) is 0 Å². The van der Waals surface area contributed by atoms with E-state index in [1.165, 1.54) is 23.7 Å². The van der Waals surface area contributed by atoms with E-state index in [2.05, 4.69) is 4.98 Å². The topological polar surface area (TPSA) is 76.1 Å². The summed E-state index contributed by atoms with van der Waals surface area (Å²) < 4.78 is 10.5. The number of ether oxygens (including phenoxy) is 1. The molecule has 1 aromatic carbocycles. The first-order valence-corrected chi connectivity index (χ1v) is 7.30. The number of hydrogen-bond acceptors (Lipinski definition) is 6. The maximum absolute atomic E-state index is 11.9. The van der Waals surface area contributed by atoms with Crippen LogP contribution in [0.3, 0.4) is 0 Å². The summed E-state index contributed by atoms with van der Waals surface area (Å²) in [6.07, 6.45) is 1.47.